The number of phenolic OH excluding ortho intramolecular Hbond substituents is 1. The predicted octanol–water partition coefficient (Wildman–Crippen LogP) is 4.38. The fourth-order valence-electron chi connectivity index (χ4n) is 2.44. The van der Waals surface area contributed by atoms with Crippen molar-refractivity contribution < 1.29 is 19.7 Å². The van der Waals surface area contributed by atoms with Crippen LogP contribution in [0.15, 0.2) is 53.6 Å². The van der Waals surface area contributed by atoms with Crippen LogP contribution in [0.2, 0.25) is 0 Å². The molecular weight excluding hydrogens is 280 g/mol. The summed E-state index contributed by atoms with van der Waals surface area (Å²) in [5.41, 5.74) is 2.16. The highest BCUT2D eigenvalue weighted by molar-refractivity contribution is 5.68. The Morgan fingerprint density at radius 2 is 1.95 bits per heavy atom. The molecule has 4 nitrogen and oxygen atoms in total. The lowest BCUT2D eigenvalue weighted by molar-refractivity contribution is 0.0799. The number of hydrogen-bond acceptors (Lipinski definition) is 3. The molecule has 1 aromatic rings. The van der Waals surface area contributed by atoms with Gasteiger partial charge in [0, 0.05) is 11.1 Å². The largest absolute Gasteiger partial charge is 0.507 e. The van der Waals surface area contributed by atoms with E-state index in [1.54, 1.807) is 36.4 Å². The third kappa shape index (κ3) is 3.58. The normalized spacial score (nSPS) is 19.9. The van der Waals surface area contributed by atoms with E-state index >= 15 is 0 Å². The van der Waals surface area contributed by atoms with Crippen molar-refractivity contribution in [1.82, 2.24) is 0 Å². The van der Waals surface area contributed by atoms with E-state index in [1.807, 2.05) is 12.1 Å². The first-order valence-electron chi connectivity index (χ1n) is 7.07. The second-order valence-corrected chi connectivity index (χ2v) is 6.18. The molecule has 2 rings (SSSR count). The van der Waals surface area contributed by atoms with Crippen LogP contribution >= 0.6 is 0 Å². The molecule has 1 aliphatic carbocycles. The zero-order chi connectivity index (χ0) is 16.3. The summed E-state index contributed by atoms with van der Waals surface area (Å²) in [6.45, 7) is 6.15. The molecule has 0 amide bonds. The SMILES string of the molecule is CC(C)(C)C1=CC=CC(OC(=O)O)C1=Cc1ccccc1O. The number of benzene rings is 1. The van der Waals surface area contributed by atoms with Gasteiger partial charge in [0.2, 0.25) is 0 Å². The number of hydrogen-bond donors (Lipinski definition) is 2. The van der Waals surface area contributed by atoms with Gasteiger partial charge in [-0.1, -0.05) is 51.1 Å². The second kappa shape index (κ2) is 6.10. The van der Waals surface area contributed by atoms with Crippen LogP contribution < -0.4 is 0 Å². The molecule has 0 heterocycles. The van der Waals surface area contributed by atoms with Gasteiger partial charge < -0.3 is 14.9 Å². The van der Waals surface area contributed by atoms with Gasteiger partial charge in [0.1, 0.15) is 11.9 Å². The Labute approximate surface area is 130 Å². The smallest absolute Gasteiger partial charge is 0.506 e. The van der Waals surface area contributed by atoms with E-state index in [0.29, 0.717) is 5.56 Å². The summed E-state index contributed by atoms with van der Waals surface area (Å²) < 4.78 is 4.98. The molecule has 1 unspecified atom stereocenters. The quantitative estimate of drug-likeness (QED) is 0.795. The number of phenols is 1. The molecule has 22 heavy (non-hydrogen) atoms. The molecule has 116 valence electrons. The lowest BCUT2D eigenvalue weighted by Gasteiger charge is -2.30. The van der Waals surface area contributed by atoms with Gasteiger partial charge in [-0.15, -0.1) is 0 Å². The van der Waals surface area contributed by atoms with Crippen LogP contribution in [-0.2, 0) is 4.74 Å². The molecule has 0 radical (unpaired) electrons. The first-order chi connectivity index (χ1) is 10.3. The van der Waals surface area contributed by atoms with Crippen LogP contribution in [0.3, 0.4) is 0 Å². The van der Waals surface area contributed by atoms with E-state index < -0.39 is 12.3 Å². The van der Waals surface area contributed by atoms with Crippen molar-refractivity contribution in [3.63, 3.8) is 0 Å². The molecule has 4 heteroatoms. The summed E-state index contributed by atoms with van der Waals surface area (Å²) in [6.07, 6.45) is 5.21. The lowest BCUT2D eigenvalue weighted by atomic mass is 9.77. The molecule has 0 spiro atoms. The molecular formula is C18H20O4. The van der Waals surface area contributed by atoms with Crippen molar-refractivity contribution in [1.29, 1.82) is 0 Å². The number of aromatic hydroxyl groups is 1. The molecule has 0 aliphatic heterocycles. The molecule has 0 bridgehead atoms. The number of rotatable bonds is 2. The predicted molar refractivity (Wildman–Crippen MR) is 85.7 cm³/mol. The average Bonchev–Trinajstić information content (AvgIpc) is 2.41. The fraction of sp³-hybridized carbons (Fsp3) is 0.278. The Hall–Kier alpha value is -2.49. The summed E-state index contributed by atoms with van der Waals surface area (Å²) in [5.74, 6) is 0.145. The van der Waals surface area contributed by atoms with Crippen LogP contribution in [0.25, 0.3) is 6.08 Å². The van der Waals surface area contributed by atoms with Crippen molar-refractivity contribution in [3.8, 4) is 5.75 Å². The Morgan fingerprint density at radius 1 is 1.27 bits per heavy atom. The van der Waals surface area contributed by atoms with E-state index in [4.69, 9.17) is 9.84 Å². The van der Waals surface area contributed by atoms with Crippen molar-refractivity contribution in [2.75, 3.05) is 0 Å². The van der Waals surface area contributed by atoms with Crippen molar-refractivity contribution >= 4 is 12.2 Å². The Balaban J connectivity index is 2.52. The van der Waals surface area contributed by atoms with Gasteiger partial charge >= 0.3 is 6.16 Å². The second-order valence-electron chi connectivity index (χ2n) is 6.18. The Kier molecular flexibility index (Phi) is 4.40. The monoisotopic (exact) mass is 300 g/mol. The number of ether oxygens (including phenoxy) is 1. The minimum absolute atomic E-state index is 0.145. The topological polar surface area (TPSA) is 66.8 Å². The summed E-state index contributed by atoms with van der Waals surface area (Å²) in [5, 5.41) is 18.9. The molecule has 1 aromatic carbocycles. The number of carbonyl (C=O) groups is 1. The number of carboxylic acid groups (broad SMARTS) is 1. The van der Waals surface area contributed by atoms with Gasteiger partial charge in [-0.25, -0.2) is 4.79 Å². The van der Waals surface area contributed by atoms with Crippen molar-refractivity contribution in [2.45, 2.75) is 26.9 Å². The van der Waals surface area contributed by atoms with Crippen molar-refractivity contribution in [3.05, 3.63) is 59.2 Å². The highest BCUT2D eigenvalue weighted by Crippen LogP contribution is 2.38. The standard InChI is InChI=1S/C18H20O4/c1-18(2,3)14-8-6-10-16(22-17(20)21)13(14)11-12-7-4-5-9-15(12)19/h4-11,16,19H,1-3H3,(H,20,21). The van der Waals surface area contributed by atoms with Gasteiger partial charge in [-0.3, -0.25) is 0 Å². The molecule has 1 atom stereocenters. The van der Waals surface area contributed by atoms with Crippen LogP contribution in [0.4, 0.5) is 4.79 Å². The lowest BCUT2D eigenvalue weighted by Crippen LogP contribution is -2.25. The van der Waals surface area contributed by atoms with Gasteiger partial charge in [-0.2, -0.15) is 0 Å². The number of allylic oxidation sites excluding steroid dienone is 2. The Morgan fingerprint density at radius 3 is 2.55 bits per heavy atom. The van der Waals surface area contributed by atoms with E-state index in [2.05, 4.69) is 20.8 Å². The third-order valence-corrected chi connectivity index (χ3v) is 3.45. The van der Waals surface area contributed by atoms with Crippen LogP contribution in [0.5, 0.6) is 5.75 Å². The van der Waals surface area contributed by atoms with E-state index in [9.17, 15) is 9.90 Å². The maximum Gasteiger partial charge on any atom is 0.506 e. The van der Waals surface area contributed by atoms with Gasteiger partial charge in [0.15, 0.2) is 0 Å². The molecule has 2 N–H and O–H groups in total. The van der Waals surface area contributed by atoms with E-state index in [1.165, 1.54) is 0 Å². The highest BCUT2D eigenvalue weighted by atomic mass is 16.7. The summed E-state index contributed by atoms with van der Waals surface area (Å²) in [4.78, 5) is 10.9. The summed E-state index contributed by atoms with van der Waals surface area (Å²) in [7, 11) is 0. The van der Waals surface area contributed by atoms with E-state index in [0.717, 1.165) is 11.1 Å². The molecule has 0 aromatic heterocycles. The van der Waals surface area contributed by atoms with Crippen molar-refractivity contribution in [2.24, 2.45) is 5.41 Å². The zero-order valence-electron chi connectivity index (χ0n) is 12.9. The first kappa shape index (κ1) is 15.9. The fourth-order valence-corrected chi connectivity index (χ4v) is 2.44. The number of para-hydroxylation sites is 1. The maximum absolute atomic E-state index is 10.9. The van der Waals surface area contributed by atoms with Gasteiger partial charge in [0.25, 0.3) is 0 Å². The van der Waals surface area contributed by atoms with Crippen LogP contribution in [-0.4, -0.2) is 22.5 Å². The molecule has 1 aliphatic rings. The maximum atomic E-state index is 10.9. The Bertz CT molecular complexity index is 660. The zero-order valence-corrected chi connectivity index (χ0v) is 12.9. The first-order valence-corrected chi connectivity index (χ1v) is 7.07. The van der Waals surface area contributed by atoms with Gasteiger partial charge in [-0.05, 0) is 29.2 Å². The molecule has 0 saturated heterocycles. The molecule has 0 saturated carbocycles. The van der Waals surface area contributed by atoms with Crippen LogP contribution in [0, 0.1) is 5.41 Å². The van der Waals surface area contributed by atoms with Crippen LogP contribution in [0.1, 0.15) is 26.3 Å². The summed E-state index contributed by atoms with van der Waals surface area (Å²) in [6, 6.07) is 6.93. The average molecular weight is 300 g/mol. The minimum atomic E-state index is -1.33. The highest BCUT2D eigenvalue weighted by Gasteiger charge is 2.29. The minimum Gasteiger partial charge on any atom is -0.507 e. The van der Waals surface area contributed by atoms with Gasteiger partial charge in [0.05, 0.1) is 0 Å². The third-order valence-electron chi connectivity index (χ3n) is 3.45. The van der Waals surface area contributed by atoms with E-state index in [-0.39, 0.29) is 11.2 Å². The summed E-state index contributed by atoms with van der Waals surface area (Å²) >= 11 is 0. The molecule has 0 fully saturated rings.